The molecule has 9 heteroatoms. The third kappa shape index (κ3) is 4.44. The van der Waals surface area contributed by atoms with E-state index in [2.05, 4.69) is 36.2 Å². The van der Waals surface area contributed by atoms with Gasteiger partial charge in [0.1, 0.15) is 11.3 Å². The quantitative estimate of drug-likeness (QED) is 0.488. The third-order valence-corrected chi connectivity index (χ3v) is 5.85. The van der Waals surface area contributed by atoms with Crippen molar-refractivity contribution in [3.05, 3.63) is 42.6 Å². The first-order valence-electron chi connectivity index (χ1n) is 11.0. The number of pyridine rings is 1. The molecule has 4 N–H and O–H groups in total. The SMILES string of the molecule is O=C(Nc1ccc(-c2ncc3nc(NC(=O)[C@@H]4CCCN4)ccc3n2)cc1)[C@@H]1CCCN1. The number of carbonyl (C=O) groups excluding carboxylic acids is 2. The van der Waals surface area contributed by atoms with Crippen molar-refractivity contribution in [1.82, 2.24) is 25.6 Å². The molecule has 2 aliphatic heterocycles. The molecule has 1 aromatic carbocycles. The molecule has 2 fully saturated rings. The minimum Gasteiger partial charge on any atom is -0.325 e. The van der Waals surface area contributed by atoms with E-state index in [1.807, 2.05) is 30.3 Å². The lowest BCUT2D eigenvalue weighted by molar-refractivity contribution is -0.118. The Hall–Kier alpha value is -3.43. The zero-order valence-electron chi connectivity index (χ0n) is 17.6. The second kappa shape index (κ2) is 8.97. The number of carbonyl (C=O) groups is 2. The summed E-state index contributed by atoms with van der Waals surface area (Å²) in [5.74, 6) is 0.989. The van der Waals surface area contributed by atoms with Crippen LogP contribution in [0.15, 0.2) is 42.6 Å². The van der Waals surface area contributed by atoms with Crippen molar-refractivity contribution in [3.63, 3.8) is 0 Å². The minimum absolute atomic E-state index is 0.00473. The summed E-state index contributed by atoms with van der Waals surface area (Å²) in [6.07, 6.45) is 5.39. The Labute approximate surface area is 185 Å². The van der Waals surface area contributed by atoms with E-state index in [9.17, 15) is 9.59 Å². The predicted molar refractivity (Wildman–Crippen MR) is 122 cm³/mol. The van der Waals surface area contributed by atoms with Gasteiger partial charge in [-0.15, -0.1) is 0 Å². The molecule has 2 aromatic heterocycles. The van der Waals surface area contributed by atoms with E-state index in [-0.39, 0.29) is 23.9 Å². The molecule has 9 nitrogen and oxygen atoms in total. The first kappa shape index (κ1) is 20.5. The number of hydrogen-bond donors (Lipinski definition) is 4. The first-order chi connectivity index (χ1) is 15.7. The van der Waals surface area contributed by atoms with Crippen LogP contribution in [0.25, 0.3) is 22.4 Å². The summed E-state index contributed by atoms with van der Waals surface area (Å²) in [6, 6.07) is 10.8. The number of nitrogens with one attached hydrogen (secondary N) is 4. The van der Waals surface area contributed by atoms with Gasteiger partial charge in [0.2, 0.25) is 11.8 Å². The van der Waals surface area contributed by atoms with Gasteiger partial charge in [0, 0.05) is 11.3 Å². The van der Waals surface area contributed by atoms with Gasteiger partial charge in [-0.3, -0.25) is 9.59 Å². The van der Waals surface area contributed by atoms with E-state index < -0.39 is 0 Å². The van der Waals surface area contributed by atoms with Gasteiger partial charge in [-0.1, -0.05) is 0 Å². The maximum atomic E-state index is 12.3. The average molecular weight is 432 g/mol. The molecule has 32 heavy (non-hydrogen) atoms. The van der Waals surface area contributed by atoms with Crippen LogP contribution >= 0.6 is 0 Å². The van der Waals surface area contributed by atoms with Crippen LogP contribution in [0, 0.1) is 0 Å². The second-order valence-electron chi connectivity index (χ2n) is 8.15. The standard InChI is InChI=1S/C23H25N7O2/c31-22(17-3-1-11-24-17)27-15-7-5-14(6-8-15)21-26-13-19-16(29-21)9-10-20(28-19)30-23(32)18-4-2-12-25-18/h5-10,13,17-18,24-25H,1-4,11-12H2,(H,27,31)(H,28,30,32)/t17-,18-/m0/s1. The zero-order valence-corrected chi connectivity index (χ0v) is 17.6. The Morgan fingerprint density at radius 3 is 2.16 bits per heavy atom. The van der Waals surface area contributed by atoms with Gasteiger partial charge in [0.15, 0.2) is 5.82 Å². The summed E-state index contributed by atoms with van der Waals surface area (Å²) in [5.41, 5.74) is 2.89. The van der Waals surface area contributed by atoms with Gasteiger partial charge in [-0.25, -0.2) is 15.0 Å². The number of anilines is 2. The van der Waals surface area contributed by atoms with E-state index in [1.54, 1.807) is 12.3 Å². The summed E-state index contributed by atoms with van der Waals surface area (Å²) < 4.78 is 0. The van der Waals surface area contributed by atoms with E-state index in [0.29, 0.717) is 22.7 Å². The van der Waals surface area contributed by atoms with Crippen LogP contribution in [-0.2, 0) is 9.59 Å². The number of aromatic nitrogens is 3. The van der Waals surface area contributed by atoms with E-state index >= 15 is 0 Å². The van der Waals surface area contributed by atoms with Crippen LogP contribution < -0.4 is 21.3 Å². The highest BCUT2D eigenvalue weighted by molar-refractivity contribution is 5.96. The molecule has 164 valence electrons. The smallest absolute Gasteiger partial charge is 0.242 e. The Balaban J connectivity index is 1.27. The maximum absolute atomic E-state index is 12.3. The molecule has 4 heterocycles. The average Bonchev–Trinajstić information content (AvgIpc) is 3.54. The molecule has 0 bridgehead atoms. The van der Waals surface area contributed by atoms with Crippen LogP contribution in [0.4, 0.5) is 11.5 Å². The first-order valence-corrected chi connectivity index (χ1v) is 11.0. The fraction of sp³-hybridized carbons (Fsp3) is 0.348. The normalized spacial score (nSPS) is 20.4. The number of amides is 2. The number of hydrogen-bond acceptors (Lipinski definition) is 7. The summed E-state index contributed by atoms with van der Waals surface area (Å²) in [6.45, 7) is 1.75. The van der Waals surface area contributed by atoms with Crippen molar-refractivity contribution in [2.45, 2.75) is 37.8 Å². The molecular formula is C23H25N7O2. The zero-order chi connectivity index (χ0) is 21.9. The number of nitrogens with zero attached hydrogens (tertiary/aromatic N) is 3. The van der Waals surface area contributed by atoms with Gasteiger partial charge < -0.3 is 21.3 Å². The van der Waals surface area contributed by atoms with Crippen molar-refractivity contribution in [2.75, 3.05) is 23.7 Å². The summed E-state index contributed by atoms with van der Waals surface area (Å²) in [5, 5.41) is 12.2. The topological polar surface area (TPSA) is 121 Å². The number of rotatable bonds is 5. The molecule has 2 atom stereocenters. The van der Waals surface area contributed by atoms with E-state index in [1.165, 1.54) is 0 Å². The van der Waals surface area contributed by atoms with Gasteiger partial charge in [-0.05, 0) is 75.2 Å². The van der Waals surface area contributed by atoms with Crippen molar-refractivity contribution in [3.8, 4) is 11.4 Å². The third-order valence-electron chi connectivity index (χ3n) is 5.85. The molecule has 2 aliphatic rings. The van der Waals surface area contributed by atoms with Crippen LogP contribution in [0.2, 0.25) is 0 Å². The largest absolute Gasteiger partial charge is 0.325 e. The lowest BCUT2D eigenvalue weighted by Gasteiger charge is -2.12. The highest BCUT2D eigenvalue weighted by atomic mass is 16.2. The molecule has 0 aliphatic carbocycles. The monoisotopic (exact) mass is 431 g/mol. The molecular weight excluding hydrogens is 406 g/mol. The minimum atomic E-state index is -0.159. The number of fused-ring (bicyclic) bond motifs is 1. The molecule has 0 spiro atoms. The maximum Gasteiger partial charge on any atom is 0.242 e. The predicted octanol–water partition coefficient (Wildman–Crippen LogP) is 2.07. The molecule has 0 unspecified atom stereocenters. The number of benzene rings is 1. The van der Waals surface area contributed by atoms with Crippen molar-refractivity contribution >= 4 is 34.4 Å². The molecule has 3 aromatic rings. The lowest BCUT2D eigenvalue weighted by atomic mass is 10.1. The van der Waals surface area contributed by atoms with Crippen LogP contribution in [0.1, 0.15) is 25.7 Å². The lowest BCUT2D eigenvalue weighted by Crippen LogP contribution is -2.35. The molecule has 2 amide bonds. The van der Waals surface area contributed by atoms with Crippen molar-refractivity contribution in [2.24, 2.45) is 0 Å². The Kier molecular flexibility index (Phi) is 5.74. The fourth-order valence-corrected chi connectivity index (χ4v) is 4.09. The molecule has 0 saturated carbocycles. The Morgan fingerprint density at radius 2 is 1.50 bits per heavy atom. The van der Waals surface area contributed by atoms with E-state index in [0.717, 1.165) is 50.0 Å². The van der Waals surface area contributed by atoms with Crippen molar-refractivity contribution in [1.29, 1.82) is 0 Å². The van der Waals surface area contributed by atoms with Gasteiger partial charge in [-0.2, -0.15) is 0 Å². The van der Waals surface area contributed by atoms with Gasteiger partial charge in [0.05, 0.1) is 23.8 Å². The second-order valence-corrected chi connectivity index (χ2v) is 8.15. The molecule has 5 rings (SSSR count). The van der Waals surface area contributed by atoms with Gasteiger partial charge >= 0.3 is 0 Å². The highest BCUT2D eigenvalue weighted by Crippen LogP contribution is 2.21. The Bertz CT molecular complexity index is 1140. The van der Waals surface area contributed by atoms with Crippen LogP contribution in [0.5, 0.6) is 0 Å². The van der Waals surface area contributed by atoms with Crippen LogP contribution in [-0.4, -0.2) is 51.9 Å². The van der Waals surface area contributed by atoms with Crippen LogP contribution in [0.3, 0.4) is 0 Å². The fourth-order valence-electron chi connectivity index (χ4n) is 4.09. The summed E-state index contributed by atoms with van der Waals surface area (Å²) in [7, 11) is 0. The molecule has 0 radical (unpaired) electrons. The highest BCUT2D eigenvalue weighted by Gasteiger charge is 2.23. The van der Waals surface area contributed by atoms with Crippen molar-refractivity contribution < 1.29 is 9.59 Å². The Morgan fingerprint density at radius 1 is 0.812 bits per heavy atom. The molecule has 2 saturated heterocycles. The summed E-state index contributed by atoms with van der Waals surface area (Å²) in [4.78, 5) is 38.0. The van der Waals surface area contributed by atoms with E-state index in [4.69, 9.17) is 0 Å². The summed E-state index contributed by atoms with van der Waals surface area (Å²) >= 11 is 0. The van der Waals surface area contributed by atoms with Gasteiger partial charge in [0.25, 0.3) is 0 Å².